The average Bonchev–Trinajstić information content (AvgIpc) is 2.61. The van der Waals surface area contributed by atoms with E-state index in [1.54, 1.807) is 12.3 Å². The lowest BCUT2D eigenvalue weighted by atomic mass is 9.93. The number of rotatable bonds is 2. The maximum atomic E-state index is 12.5. The highest BCUT2D eigenvalue weighted by atomic mass is 16.5. The van der Waals surface area contributed by atoms with E-state index in [1.165, 1.54) is 0 Å². The number of anilines is 1. The number of carbonyl (C=O) groups is 1. The molecule has 2 aliphatic heterocycles. The number of aromatic nitrogens is 2. The van der Waals surface area contributed by atoms with Gasteiger partial charge < -0.3 is 15.0 Å². The number of benzene rings is 1. The molecule has 2 aliphatic rings. The van der Waals surface area contributed by atoms with Crippen LogP contribution < -0.4 is 15.0 Å². The van der Waals surface area contributed by atoms with Gasteiger partial charge in [-0.05, 0) is 31.0 Å². The van der Waals surface area contributed by atoms with Crippen molar-refractivity contribution in [1.29, 1.82) is 0 Å². The van der Waals surface area contributed by atoms with Gasteiger partial charge in [-0.25, -0.2) is 9.97 Å². The van der Waals surface area contributed by atoms with Crippen molar-refractivity contribution in [2.24, 2.45) is 0 Å². The van der Waals surface area contributed by atoms with Crippen LogP contribution in [0.1, 0.15) is 23.0 Å². The van der Waals surface area contributed by atoms with Gasteiger partial charge in [-0.2, -0.15) is 0 Å². The van der Waals surface area contributed by atoms with E-state index in [2.05, 4.69) is 32.3 Å². The summed E-state index contributed by atoms with van der Waals surface area (Å²) >= 11 is 0. The zero-order valence-electron chi connectivity index (χ0n) is 13.7. The molecule has 124 valence electrons. The van der Waals surface area contributed by atoms with Crippen LogP contribution in [0.4, 0.5) is 5.69 Å². The van der Waals surface area contributed by atoms with Crippen LogP contribution in [0.15, 0.2) is 30.5 Å². The second-order valence-corrected chi connectivity index (χ2v) is 6.24. The van der Waals surface area contributed by atoms with Gasteiger partial charge in [0.1, 0.15) is 17.5 Å². The molecule has 0 amide bonds. The third kappa shape index (κ3) is 2.85. The van der Waals surface area contributed by atoms with E-state index in [9.17, 15) is 4.79 Å². The van der Waals surface area contributed by atoms with Crippen molar-refractivity contribution >= 4 is 11.7 Å². The molecule has 1 saturated heterocycles. The summed E-state index contributed by atoms with van der Waals surface area (Å²) in [6.07, 6.45) is 2.31. The van der Waals surface area contributed by atoms with Crippen LogP contribution >= 0.6 is 0 Å². The van der Waals surface area contributed by atoms with Gasteiger partial charge in [-0.3, -0.25) is 4.79 Å². The number of carbonyl (C=O) groups excluding carboxylic acids is 1. The van der Waals surface area contributed by atoms with E-state index in [1.807, 2.05) is 13.0 Å². The summed E-state index contributed by atoms with van der Waals surface area (Å²) in [6, 6.07) is 7.96. The monoisotopic (exact) mass is 324 g/mol. The number of hydrogen-bond acceptors (Lipinski definition) is 6. The molecule has 0 radical (unpaired) electrons. The first-order valence-electron chi connectivity index (χ1n) is 8.30. The number of nitrogens with one attached hydrogen (secondary N) is 1. The Morgan fingerprint density at radius 2 is 2.08 bits per heavy atom. The molecule has 6 heteroatoms. The van der Waals surface area contributed by atoms with Crippen LogP contribution in [-0.4, -0.2) is 42.1 Å². The Morgan fingerprint density at radius 1 is 1.25 bits per heavy atom. The van der Waals surface area contributed by atoms with Crippen molar-refractivity contribution in [3.63, 3.8) is 0 Å². The molecular weight excluding hydrogens is 304 g/mol. The van der Waals surface area contributed by atoms with Gasteiger partial charge in [0, 0.05) is 44.1 Å². The predicted octanol–water partition coefficient (Wildman–Crippen LogP) is 1.44. The molecule has 1 atom stereocenters. The summed E-state index contributed by atoms with van der Waals surface area (Å²) < 4.78 is 5.63. The van der Waals surface area contributed by atoms with Crippen molar-refractivity contribution in [1.82, 2.24) is 15.3 Å². The lowest BCUT2D eigenvalue weighted by molar-refractivity contribution is -0.137. The fourth-order valence-electron chi connectivity index (χ4n) is 3.30. The molecule has 2 aromatic rings. The highest BCUT2D eigenvalue weighted by molar-refractivity contribution is 5.83. The first-order valence-corrected chi connectivity index (χ1v) is 8.30. The second kappa shape index (κ2) is 6.20. The van der Waals surface area contributed by atoms with E-state index in [-0.39, 0.29) is 11.9 Å². The van der Waals surface area contributed by atoms with E-state index in [0.717, 1.165) is 43.1 Å². The Kier molecular flexibility index (Phi) is 3.90. The number of ether oxygens (including phenoxy) is 1. The molecule has 0 aliphatic carbocycles. The largest absolute Gasteiger partial charge is 0.426 e. The van der Waals surface area contributed by atoms with Crippen LogP contribution in [0.5, 0.6) is 5.75 Å². The number of esters is 1. The smallest absolute Gasteiger partial charge is 0.320 e. The van der Waals surface area contributed by atoms with E-state index in [0.29, 0.717) is 18.0 Å². The predicted molar refractivity (Wildman–Crippen MR) is 90.4 cm³/mol. The van der Waals surface area contributed by atoms with Gasteiger partial charge in [-0.1, -0.05) is 6.07 Å². The summed E-state index contributed by atoms with van der Waals surface area (Å²) in [4.78, 5) is 23.2. The topological polar surface area (TPSA) is 67.3 Å². The summed E-state index contributed by atoms with van der Waals surface area (Å²) in [5.74, 6) is 0.750. The minimum absolute atomic E-state index is 0.238. The van der Waals surface area contributed by atoms with Gasteiger partial charge >= 0.3 is 5.97 Å². The van der Waals surface area contributed by atoms with Crippen LogP contribution in [0.2, 0.25) is 0 Å². The molecule has 3 heterocycles. The lowest BCUT2D eigenvalue weighted by Crippen LogP contribution is -2.43. The highest BCUT2D eigenvalue weighted by Crippen LogP contribution is 2.35. The van der Waals surface area contributed by atoms with E-state index >= 15 is 0 Å². The molecule has 1 aromatic carbocycles. The normalized spacial score (nSPS) is 20.5. The van der Waals surface area contributed by atoms with Crippen LogP contribution in [0.25, 0.3) is 0 Å². The number of fused-ring (bicyclic) bond motifs is 1. The zero-order chi connectivity index (χ0) is 16.5. The molecule has 0 spiro atoms. The third-order valence-corrected chi connectivity index (χ3v) is 4.61. The Hall–Kier alpha value is -2.47. The summed E-state index contributed by atoms with van der Waals surface area (Å²) in [6.45, 7) is 5.72. The third-order valence-electron chi connectivity index (χ3n) is 4.61. The molecule has 24 heavy (non-hydrogen) atoms. The van der Waals surface area contributed by atoms with Crippen LogP contribution in [-0.2, 0) is 11.2 Å². The highest BCUT2D eigenvalue weighted by Gasteiger charge is 2.31. The minimum Gasteiger partial charge on any atom is -0.426 e. The molecule has 6 nitrogen and oxygen atoms in total. The van der Waals surface area contributed by atoms with Gasteiger partial charge in [0.05, 0.1) is 5.69 Å². The van der Waals surface area contributed by atoms with Gasteiger partial charge in [0.25, 0.3) is 0 Å². The first kappa shape index (κ1) is 15.1. The molecule has 0 bridgehead atoms. The Balaban J connectivity index is 1.60. The maximum absolute atomic E-state index is 12.5. The molecular formula is C18H20N4O2. The van der Waals surface area contributed by atoms with E-state index in [4.69, 9.17) is 4.74 Å². The van der Waals surface area contributed by atoms with Crippen LogP contribution in [0.3, 0.4) is 0 Å². The zero-order valence-corrected chi connectivity index (χ0v) is 13.7. The van der Waals surface area contributed by atoms with Gasteiger partial charge in [-0.15, -0.1) is 0 Å². The van der Waals surface area contributed by atoms with E-state index < -0.39 is 0 Å². The van der Waals surface area contributed by atoms with Crippen molar-refractivity contribution < 1.29 is 9.53 Å². The Labute approximate surface area is 140 Å². The summed E-state index contributed by atoms with van der Waals surface area (Å²) in [7, 11) is 0. The second-order valence-electron chi connectivity index (χ2n) is 6.24. The quantitative estimate of drug-likeness (QED) is 0.666. The molecule has 1 aromatic heterocycles. The number of aryl methyl sites for hydroxylation is 1. The van der Waals surface area contributed by atoms with Crippen molar-refractivity contribution in [3.05, 3.63) is 47.5 Å². The Bertz CT molecular complexity index is 771. The first-order chi connectivity index (χ1) is 11.7. The summed E-state index contributed by atoms with van der Waals surface area (Å²) in [5.41, 5.74) is 2.89. The number of hydrogen-bond donors (Lipinski definition) is 1. The summed E-state index contributed by atoms with van der Waals surface area (Å²) in [5, 5.41) is 3.34. The minimum atomic E-state index is -0.357. The van der Waals surface area contributed by atoms with Crippen molar-refractivity contribution in [3.8, 4) is 5.75 Å². The van der Waals surface area contributed by atoms with Crippen molar-refractivity contribution in [2.75, 3.05) is 31.1 Å². The maximum Gasteiger partial charge on any atom is 0.320 e. The molecule has 4 rings (SSSR count). The molecule has 1 N–H and O–H groups in total. The lowest BCUT2D eigenvalue weighted by Gasteiger charge is -2.31. The SMILES string of the molecule is Cc1nccc(C2Cc3ccc(N4CCNCC4)cc3OC2=O)n1. The van der Waals surface area contributed by atoms with Gasteiger partial charge in [0.15, 0.2) is 0 Å². The molecule has 1 fully saturated rings. The number of piperazine rings is 1. The van der Waals surface area contributed by atoms with Crippen LogP contribution in [0, 0.1) is 6.92 Å². The standard InChI is InChI=1S/C18H20N4O2/c1-12-20-5-4-16(21-12)15-10-13-2-3-14(11-17(13)24-18(15)23)22-8-6-19-7-9-22/h2-5,11,15,19H,6-10H2,1H3. The molecule has 1 unspecified atom stereocenters. The average molecular weight is 324 g/mol. The van der Waals surface area contributed by atoms with Gasteiger partial charge in [0.2, 0.25) is 0 Å². The molecule has 0 saturated carbocycles. The fourth-order valence-corrected chi connectivity index (χ4v) is 3.30. The van der Waals surface area contributed by atoms with Crippen molar-refractivity contribution in [2.45, 2.75) is 19.3 Å². The Morgan fingerprint density at radius 3 is 2.88 bits per heavy atom. The number of nitrogens with zero attached hydrogens (tertiary/aromatic N) is 3. The fraction of sp³-hybridized carbons (Fsp3) is 0.389.